The molecule has 0 saturated carbocycles. The molecule has 3 aromatic heterocycles. The van der Waals surface area contributed by atoms with Gasteiger partial charge in [-0.3, -0.25) is 4.79 Å². The molecule has 1 fully saturated rings. The summed E-state index contributed by atoms with van der Waals surface area (Å²) in [5, 5.41) is 21.4. The smallest absolute Gasteiger partial charge is 0.262 e. The van der Waals surface area contributed by atoms with Crippen LogP contribution in [0.25, 0.3) is 32.6 Å². The number of rotatable bonds is 2. The molecular formula is C19H21BN6O3S. The Balaban J connectivity index is 1.67. The molecule has 5 rings (SSSR count). The number of aromatic amines is 2. The number of hydrogen-bond acceptors (Lipinski definition) is 8. The quantitative estimate of drug-likeness (QED) is 0.289. The number of nitrogens with one attached hydrogen (secondary N) is 2. The van der Waals surface area contributed by atoms with Gasteiger partial charge >= 0.3 is 0 Å². The first kappa shape index (κ1) is 18.8. The van der Waals surface area contributed by atoms with E-state index < -0.39 is 5.56 Å². The number of likely N-dealkylation sites (N-methyl/N-ethyl adjacent to an activating group) is 1. The van der Waals surface area contributed by atoms with E-state index in [1.807, 2.05) is 13.9 Å². The molecule has 1 aliphatic heterocycles. The van der Waals surface area contributed by atoms with Gasteiger partial charge < -0.3 is 35.7 Å². The molecule has 0 bridgehead atoms. The summed E-state index contributed by atoms with van der Waals surface area (Å²) < 4.78 is 0. The minimum absolute atomic E-state index is 0.0687. The van der Waals surface area contributed by atoms with Crippen LogP contribution in [0.5, 0.6) is 10.8 Å². The second kappa shape index (κ2) is 6.68. The van der Waals surface area contributed by atoms with Crippen LogP contribution < -0.4 is 21.7 Å². The first-order valence-electron chi connectivity index (χ1n) is 9.64. The van der Waals surface area contributed by atoms with Gasteiger partial charge in [-0.1, -0.05) is 16.8 Å². The van der Waals surface area contributed by atoms with Crippen LogP contribution in [0.1, 0.15) is 0 Å². The van der Waals surface area contributed by atoms with Crippen molar-refractivity contribution in [3.05, 3.63) is 22.5 Å². The molecule has 0 aliphatic carbocycles. The summed E-state index contributed by atoms with van der Waals surface area (Å²) >= 11 is 1.05. The molecule has 1 aromatic carbocycles. The number of benzene rings is 1. The van der Waals surface area contributed by atoms with Crippen molar-refractivity contribution in [3.63, 3.8) is 0 Å². The van der Waals surface area contributed by atoms with Crippen LogP contribution in [0.15, 0.2) is 16.9 Å². The molecule has 30 heavy (non-hydrogen) atoms. The number of piperazine rings is 1. The van der Waals surface area contributed by atoms with Gasteiger partial charge in [-0.2, -0.15) is 0 Å². The van der Waals surface area contributed by atoms with Gasteiger partial charge in [-0.05, 0) is 13.1 Å². The molecule has 1 aliphatic rings. The van der Waals surface area contributed by atoms with Crippen molar-refractivity contribution in [3.8, 4) is 22.2 Å². The first-order chi connectivity index (χ1) is 14.3. The third-order valence-electron chi connectivity index (χ3n) is 5.71. The Morgan fingerprint density at radius 2 is 1.93 bits per heavy atom. The molecule has 9 nitrogen and oxygen atoms in total. The fourth-order valence-electron chi connectivity index (χ4n) is 4.13. The number of fused-ring (bicyclic) bond motifs is 2. The number of nitrogen functional groups attached to an aromatic ring is 1. The summed E-state index contributed by atoms with van der Waals surface area (Å²) in [6.45, 7) is 3.49. The lowest BCUT2D eigenvalue weighted by Gasteiger charge is -2.35. The number of imidazole rings is 1. The summed E-state index contributed by atoms with van der Waals surface area (Å²) in [5.41, 5.74) is 9.01. The number of pyridine rings is 1. The minimum Gasteiger partial charge on any atom is -0.504 e. The number of H-pyrrole nitrogens is 2. The monoisotopic (exact) mass is 424 g/mol. The van der Waals surface area contributed by atoms with Gasteiger partial charge in [0.1, 0.15) is 29.6 Å². The topological polar surface area (TPSA) is 134 Å². The second-order valence-electron chi connectivity index (χ2n) is 7.73. The number of phenols is 1. The molecule has 6 N–H and O–H groups in total. The van der Waals surface area contributed by atoms with E-state index >= 15 is 0 Å². The van der Waals surface area contributed by atoms with Gasteiger partial charge in [0.2, 0.25) is 0 Å². The lowest BCUT2D eigenvalue weighted by Crippen LogP contribution is -2.46. The Morgan fingerprint density at radius 3 is 2.67 bits per heavy atom. The Hall–Kier alpha value is -3.18. The van der Waals surface area contributed by atoms with Crippen LogP contribution in [0.2, 0.25) is 0 Å². The highest BCUT2D eigenvalue weighted by Gasteiger charge is 2.24. The number of anilines is 2. The number of nitrogens with two attached hydrogens (primary N) is 1. The standard InChI is InChI=1S/C19H21BN6O3S/c1-25-2-4-26(5-3-25)15-9(20)7-10-14(16(15)28)23-17(22-10)12-13(21)8-6-11(27)30-19(8)24-18(12)29/h6-7,27-28H,2-5,20H2,1H3,(H,22,23)(H3,21,24,29). The molecule has 0 radical (unpaired) electrons. The van der Waals surface area contributed by atoms with Gasteiger partial charge in [0.15, 0.2) is 10.8 Å². The maximum absolute atomic E-state index is 12.7. The third kappa shape index (κ3) is 2.81. The summed E-state index contributed by atoms with van der Waals surface area (Å²) in [6.07, 6.45) is 0. The number of aromatic hydroxyl groups is 2. The highest BCUT2D eigenvalue weighted by atomic mass is 32.1. The van der Waals surface area contributed by atoms with Crippen molar-refractivity contribution in [2.45, 2.75) is 0 Å². The first-order valence-corrected chi connectivity index (χ1v) is 10.5. The van der Waals surface area contributed by atoms with Crippen LogP contribution in [0.4, 0.5) is 11.4 Å². The maximum Gasteiger partial charge on any atom is 0.262 e. The van der Waals surface area contributed by atoms with Crippen LogP contribution in [0, 0.1) is 0 Å². The van der Waals surface area contributed by atoms with E-state index in [1.165, 1.54) is 6.07 Å². The molecule has 11 heteroatoms. The molecule has 1 saturated heterocycles. The summed E-state index contributed by atoms with van der Waals surface area (Å²) in [4.78, 5) is 28.0. The highest BCUT2D eigenvalue weighted by Crippen LogP contribution is 2.37. The van der Waals surface area contributed by atoms with E-state index in [1.54, 1.807) is 0 Å². The van der Waals surface area contributed by atoms with E-state index in [-0.39, 0.29) is 27.9 Å². The zero-order valence-electron chi connectivity index (χ0n) is 16.6. The van der Waals surface area contributed by atoms with E-state index in [0.29, 0.717) is 21.3 Å². The van der Waals surface area contributed by atoms with Gasteiger partial charge in [-0.25, -0.2) is 4.98 Å². The van der Waals surface area contributed by atoms with Gasteiger partial charge in [0.05, 0.1) is 16.9 Å². The fraction of sp³-hybridized carbons (Fsp3) is 0.263. The molecule has 0 atom stereocenters. The normalized spacial score (nSPS) is 15.4. The fourth-order valence-corrected chi connectivity index (χ4v) is 4.94. The molecule has 4 aromatic rings. The lowest BCUT2D eigenvalue weighted by atomic mass is 9.91. The van der Waals surface area contributed by atoms with Gasteiger partial charge in [0.25, 0.3) is 5.56 Å². The Morgan fingerprint density at radius 1 is 1.20 bits per heavy atom. The number of hydrogen-bond donors (Lipinski definition) is 5. The maximum atomic E-state index is 12.7. The number of thiophene rings is 1. The van der Waals surface area contributed by atoms with Crippen LogP contribution in [-0.4, -0.2) is 71.1 Å². The summed E-state index contributed by atoms with van der Waals surface area (Å²) in [7, 11) is 4.03. The number of phenolic OH excluding ortho intramolecular Hbond substituents is 1. The second-order valence-corrected chi connectivity index (χ2v) is 8.76. The predicted molar refractivity (Wildman–Crippen MR) is 123 cm³/mol. The molecule has 4 heterocycles. The molecule has 0 amide bonds. The average Bonchev–Trinajstić information content (AvgIpc) is 3.26. The summed E-state index contributed by atoms with van der Waals surface area (Å²) in [5.74, 6) is 0.402. The van der Waals surface area contributed by atoms with Crippen molar-refractivity contribution >= 4 is 57.3 Å². The van der Waals surface area contributed by atoms with Gasteiger partial charge in [0, 0.05) is 37.6 Å². The van der Waals surface area contributed by atoms with Crippen molar-refractivity contribution in [2.75, 3.05) is 43.9 Å². The predicted octanol–water partition coefficient (Wildman–Crippen LogP) is 0.136. The highest BCUT2D eigenvalue weighted by molar-refractivity contribution is 7.20. The van der Waals surface area contributed by atoms with E-state index in [9.17, 15) is 15.0 Å². The largest absolute Gasteiger partial charge is 0.504 e. The zero-order chi connectivity index (χ0) is 21.2. The van der Waals surface area contributed by atoms with E-state index in [0.717, 1.165) is 48.7 Å². The zero-order valence-corrected chi connectivity index (χ0v) is 17.4. The Labute approximate surface area is 176 Å². The Bertz CT molecular complexity index is 1350. The number of aromatic nitrogens is 3. The molecule has 0 spiro atoms. The van der Waals surface area contributed by atoms with E-state index in [4.69, 9.17) is 5.73 Å². The van der Waals surface area contributed by atoms with Gasteiger partial charge in [-0.15, -0.1) is 0 Å². The van der Waals surface area contributed by atoms with Crippen LogP contribution in [-0.2, 0) is 0 Å². The lowest BCUT2D eigenvalue weighted by molar-refractivity contribution is 0.312. The minimum atomic E-state index is -0.406. The van der Waals surface area contributed by atoms with Crippen LogP contribution in [0.3, 0.4) is 0 Å². The average molecular weight is 424 g/mol. The Kier molecular flexibility index (Phi) is 4.19. The van der Waals surface area contributed by atoms with Crippen LogP contribution >= 0.6 is 11.3 Å². The number of nitrogens with zero attached hydrogens (tertiary/aromatic N) is 3. The van der Waals surface area contributed by atoms with Crippen molar-refractivity contribution in [1.82, 2.24) is 19.9 Å². The third-order valence-corrected chi connectivity index (χ3v) is 6.56. The molecular weight excluding hydrogens is 403 g/mol. The van der Waals surface area contributed by atoms with Crippen molar-refractivity contribution in [1.29, 1.82) is 0 Å². The van der Waals surface area contributed by atoms with E-state index in [2.05, 4.69) is 31.8 Å². The summed E-state index contributed by atoms with van der Waals surface area (Å²) in [6, 6.07) is 3.42. The van der Waals surface area contributed by atoms with Crippen molar-refractivity contribution in [2.24, 2.45) is 0 Å². The SMILES string of the molecule is Bc1cc2nc(-c3c(N)c4cc(O)sc4[nH]c3=O)[nH]c2c(O)c1N1CCN(C)CC1. The molecule has 0 unspecified atom stereocenters. The molecule has 154 valence electrons. The van der Waals surface area contributed by atoms with Crippen molar-refractivity contribution < 1.29 is 10.2 Å².